The highest BCUT2D eigenvalue weighted by molar-refractivity contribution is 14.1. The van der Waals surface area contributed by atoms with Crippen molar-refractivity contribution in [2.45, 2.75) is 31.7 Å². The minimum Gasteiger partial charge on any atom is -0.481 e. The van der Waals surface area contributed by atoms with Crippen molar-refractivity contribution in [1.29, 1.82) is 0 Å². The quantitative estimate of drug-likeness (QED) is 0.801. The van der Waals surface area contributed by atoms with Crippen molar-refractivity contribution in [3.8, 4) is 0 Å². The van der Waals surface area contributed by atoms with Crippen LogP contribution in [0.5, 0.6) is 0 Å². The number of benzene rings is 1. The van der Waals surface area contributed by atoms with Gasteiger partial charge in [-0.05, 0) is 60.1 Å². The number of aliphatic carboxylic acids is 1. The summed E-state index contributed by atoms with van der Waals surface area (Å²) < 4.78 is 1.01. The van der Waals surface area contributed by atoms with E-state index in [0.29, 0.717) is 18.4 Å². The van der Waals surface area contributed by atoms with Crippen LogP contribution < -0.4 is 5.32 Å². The van der Waals surface area contributed by atoms with E-state index in [1.165, 1.54) is 0 Å². The normalized spacial score (nSPS) is 22.8. The third-order valence-corrected chi connectivity index (χ3v) is 4.12. The van der Waals surface area contributed by atoms with Crippen LogP contribution in [0, 0.1) is 9.49 Å². The maximum atomic E-state index is 12.1. The lowest BCUT2D eigenvalue weighted by atomic mass is 9.85. The third-order valence-electron chi connectivity index (χ3n) is 3.45. The maximum absolute atomic E-state index is 12.1. The fourth-order valence-corrected chi connectivity index (χ4v) is 2.99. The van der Waals surface area contributed by atoms with Gasteiger partial charge in [-0.15, -0.1) is 0 Å². The number of amides is 1. The molecule has 0 heterocycles. The highest BCUT2D eigenvalue weighted by Gasteiger charge is 2.27. The number of hydrogen-bond donors (Lipinski definition) is 2. The summed E-state index contributed by atoms with van der Waals surface area (Å²) in [6.07, 6.45) is 2.96. The van der Waals surface area contributed by atoms with Crippen LogP contribution in [0.3, 0.4) is 0 Å². The lowest BCUT2D eigenvalue weighted by Gasteiger charge is -2.27. The number of rotatable bonds is 3. The fourth-order valence-electron chi connectivity index (χ4n) is 2.44. The van der Waals surface area contributed by atoms with Gasteiger partial charge in [-0.2, -0.15) is 0 Å². The summed E-state index contributed by atoms with van der Waals surface area (Å²) >= 11 is 2.16. The second kappa shape index (κ2) is 6.36. The Bertz CT molecular complexity index is 489. The first-order valence-electron chi connectivity index (χ1n) is 6.35. The second-order valence-electron chi connectivity index (χ2n) is 4.88. The zero-order chi connectivity index (χ0) is 13.8. The van der Waals surface area contributed by atoms with Gasteiger partial charge in [0.25, 0.3) is 5.91 Å². The van der Waals surface area contributed by atoms with Crippen LogP contribution in [0.15, 0.2) is 24.3 Å². The molecular weight excluding hydrogens is 357 g/mol. The van der Waals surface area contributed by atoms with Gasteiger partial charge in [-0.25, -0.2) is 0 Å². The lowest BCUT2D eigenvalue weighted by Crippen LogP contribution is -2.39. The molecule has 2 atom stereocenters. The van der Waals surface area contributed by atoms with Crippen LogP contribution in [-0.4, -0.2) is 23.0 Å². The van der Waals surface area contributed by atoms with Crippen LogP contribution in [0.2, 0.25) is 0 Å². The zero-order valence-corrected chi connectivity index (χ0v) is 12.6. The van der Waals surface area contributed by atoms with E-state index in [1.54, 1.807) is 6.07 Å². The number of carbonyl (C=O) groups excluding carboxylic acids is 1. The van der Waals surface area contributed by atoms with E-state index in [9.17, 15) is 9.59 Å². The molecule has 1 aromatic carbocycles. The Morgan fingerprint density at radius 3 is 2.79 bits per heavy atom. The molecule has 0 spiro atoms. The van der Waals surface area contributed by atoms with E-state index in [4.69, 9.17) is 5.11 Å². The van der Waals surface area contributed by atoms with Crippen LogP contribution in [0.25, 0.3) is 0 Å². The van der Waals surface area contributed by atoms with Crippen molar-refractivity contribution in [3.63, 3.8) is 0 Å². The minimum absolute atomic E-state index is 0.0276. The summed E-state index contributed by atoms with van der Waals surface area (Å²) in [5.74, 6) is -1.20. The maximum Gasteiger partial charge on any atom is 0.306 e. The monoisotopic (exact) mass is 373 g/mol. The molecule has 0 saturated heterocycles. The van der Waals surface area contributed by atoms with Gasteiger partial charge in [-0.3, -0.25) is 9.59 Å². The van der Waals surface area contributed by atoms with Crippen molar-refractivity contribution >= 4 is 34.5 Å². The Labute approximate surface area is 125 Å². The van der Waals surface area contributed by atoms with Gasteiger partial charge in [0.2, 0.25) is 0 Å². The molecule has 1 amide bonds. The molecule has 0 aliphatic heterocycles. The molecule has 19 heavy (non-hydrogen) atoms. The molecule has 1 aliphatic carbocycles. The lowest BCUT2D eigenvalue weighted by molar-refractivity contribution is -0.143. The van der Waals surface area contributed by atoms with E-state index in [-0.39, 0.29) is 17.9 Å². The molecule has 102 valence electrons. The van der Waals surface area contributed by atoms with Crippen LogP contribution in [0.4, 0.5) is 0 Å². The molecule has 0 bridgehead atoms. The fraction of sp³-hybridized carbons (Fsp3) is 0.429. The van der Waals surface area contributed by atoms with E-state index >= 15 is 0 Å². The van der Waals surface area contributed by atoms with Gasteiger partial charge < -0.3 is 10.4 Å². The van der Waals surface area contributed by atoms with Crippen LogP contribution >= 0.6 is 22.6 Å². The van der Waals surface area contributed by atoms with Crippen LogP contribution in [-0.2, 0) is 4.79 Å². The minimum atomic E-state index is -0.756. The number of nitrogens with one attached hydrogen (secondary N) is 1. The summed E-state index contributed by atoms with van der Waals surface area (Å²) in [5.41, 5.74) is 0.629. The standard InChI is InChI=1S/C14H16INO3/c15-11-5-1-3-9(7-11)13(17)16-12-6-2-4-10(8-12)14(18)19/h1,3,5,7,10,12H,2,4,6,8H2,(H,16,17)(H,18,19). The van der Waals surface area contributed by atoms with Gasteiger partial charge in [0.05, 0.1) is 5.92 Å². The Kier molecular flexibility index (Phi) is 4.79. The molecule has 1 saturated carbocycles. The Morgan fingerprint density at radius 1 is 1.32 bits per heavy atom. The summed E-state index contributed by atoms with van der Waals surface area (Å²) in [4.78, 5) is 23.1. The number of carboxylic acid groups (broad SMARTS) is 1. The molecule has 2 unspecified atom stereocenters. The molecule has 4 nitrogen and oxygen atoms in total. The summed E-state index contributed by atoms with van der Waals surface area (Å²) in [5, 5.41) is 12.0. The van der Waals surface area contributed by atoms with Gasteiger partial charge in [0.15, 0.2) is 0 Å². The van der Waals surface area contributed by atoms with Gasteiger partial charge in [-0.1, -0.05) is 12.5 Å². The zero-order valence-electron chi connectivity index (χ0n) is 10.4. The van der Waals surface area contributed by atoms with Crippen LogP contribution in [0.1, 0.15) is 36.0 Å². The van der Waals surface area contributed by atoms with Crippen molar-refractivity contribution in [2.24, 2.45) is 5.92 Å². The molecule has 0 radical (unpaired) electrons. The van der Waals surface area contributed by atoms with E-state index in [0.717, 1.165) is 16.4 Å². The van der Waals surface area contributed by atoms with Gasteiger partial charge in [0, 0.05) is 15.2 Å². The molecule has 1 aliphatic rings. The van der Waals surface area contributed by atoms with E-state index in [1.807, 2.05) is 18.2 Å². The summed E-state index contributed by atoms with van der Waals surface area (Å²) in [6, 6.07) is 7.35. The Morgan fingerprint density at radius 2 is 2.11 bits per heavy atom. The molecule has 1 aromatic rings. The molecule has 0 aromatic heterocycles. The molecule has 2 rings (SSSR count). The number of carboxylic acids is 1. The first-order valence-corrected chi connectivity index (χ1v) is 7.43. The average Bonchev–Trinajstić information content (AvgIpc) is 2.39. The summed E-state index contributed by atoms with van der Waals surface area (Å²) in [7, 11) is 0. The number of hydrogen-bond acceptors (Lipinski definition) is 2. The second-order valence-corrected chi connectivity index (χ2v) is 6.13. The summed E-state index contributed by atoms with van der Waals surface area (Å²) in [6.45, 7) is 0. The smallest absolute Gasteiger partial charge is 0.306 e. The average molecular weight is 373 g/mol. The van der Waals surface area contributed by atoms with E-state index < -0.39 is 5.97 Å². The highest BCUT2D eigenvalue weighted by atomic mass is 127. The molecule has 2 N–H and O–H groups in total. The topological polar surface area (TPSA) is 66.4 Å². The number of carbonyl (C=O) groups is 2. The Hall–Kier alpha value is -1.11. The molecular formula is C14H16INO3. The highest BCUT2D eigenvalue weighted by Crippen LogP contribution is 2.24. The van der Waals surface area contributed by atoms with Gasteiger partial charge in [0.1, 0.15) is 0 Å². The predicted molar refractivity (Wildman–Crippen MR) is 80.0 cm³/mol. The van der Waals surface area contributed by atoms with Crippen molar-refractivity contribution < 1.29 is 14.7 Å². The number of halogens is 1. The van der Waals surface area contributed by atoms with Crippen molar-refractivity contribution in [2.75, 3.05) is 0 Å². The third kappa shape index (κ3) is 3.92. The first kappa shape index (κ1) is 14.3. The van der Waals surface area contributed by atoms with Crippen molar-refractivity contribution in [3.05, 3.63) is 33.4 Å². The SMILES string of the molecule is O=C(NC1CCCC(C(=O)O)C1)c1cccc(I)c1. The first-order chi connectivity index (χ1) is 9.06. The predicted octanol–water partition coefficient (Wildman–Crippen LogP) is 2.66. The molecule has 1 fully saturated rings. The molecule has 5 heteroatoms. The van der Waals surface area contributed by atoms with Crippen molar-refractivity contribution in [1.82, 2.24) is 5.32 Å². The van der Waals surface area contributed by atoms with Gasteiger partial charge >= 0.3 is 5.97 Å². The van der Waals surface area contributed by atoms with E-state index in [2.05, 4.69) is 27.9 Å². The Balaban J connectivity index is 1.97. The largest absolute Gasteiger partial charge is 0.481 e.